The Hall–Kier alpha value is 0.620. The van der Waals surface area contributed by atoms with Crippen molar-refractivity contribution in [2.75, 3.05) is 11.9 Å². The van der Waals surface area contributed by atoms with Crippen molar-refractivity contribution in [3.8, 4) is 0 Å². The van der Waals surface area contributed by atoms with Crippen LogP contribution in [0.2, 0.25) is 0 Å². The van der Waals surface area contributed by atoms with Gasteiger partial charge in [-0.05, 0) is 47.4 Å². The molecule has 0 fully saturated rings. The number of halogens is 2. The lowest BCUT2D eigenvalue weighted by atomic mass is 10.2. The average molecular weight is 341 g/mol. The summed E-state index contributed by atoms with van der Waals surface area (Å²) in [4.78, 5) is 1.40. The summed E-state index contributed by atoms with van der Waals surface area (Å²) >= 11 is 8.70. The summed E-state index contributed by atoms with van der Waals surface area (Å²) in [5.41, 5.74) is 0. The molecule has 0 amide bonds. The Kier molecular flexibility index (Phi) is 7.12. The Morgan fingerprint density at radius 1 is 1.21 bits per heavy atom. The van der Waals surface area contributed by atoms with Crippen molar-refractivity contribution in [1.29, 1.82) is 0 Å². The molecule has 1 N–H and O–H groups in total. The first kappa shape index (κ1) is 12.7. The molecule has 1 nitrogen and oxygen atoms in total. The molecule has 1 heterocycles. The van der Waals surface area contributed by atoms with Gasteiger partial charge >= 0.3 is 0 Å². The van der Waals surface area contributed by atoms with Gasteiger partial charge in [0, 0.05) is 16.8 Å². The van der Waals surface area contributed by atoms with Crippen molar-refractivity contribution in [3.05, 3.63) is 20.8 Å². The van der Waals surface area contributed by atoms with E-state index in [2.05, 4.69) is 49.3 Å². The molecule has 0 saturated heterocycles. The number of thiophene rings is 1. The second kappa shape index (κ2) is 7.85. The van der Waals surface area contributed by atoms with Crippen molar-refractivity contribution < 1.29 is 0 Å². The fourth-order valence-corrected chi connectivity index (χ4v) is 3.03. The van der Waals surface area contributed by atoms with Gasteiger partial charge in [-0.15, -0.1) is 11.3 Å². The van der Waals surface area contributed by atoms with Gasteiger partial charge in [-0.1, -0.05) is 22.4 Å². The molecular weight excluding hydrogens is 326 g/mol. The third-order valence-electron chi connectivity index (χ3n) is 1.92. The van der Waals surface area contributed by atoms with E-state index in [0.29, 0.717) is 0 Å². The molecule has 0 aliphatic rings. The molecule has 1 aromatic heterocycles. The van der Waals surface area contributed by atoms with Gasteiger partial charge < -0.3 is 5.32 Å². The minimum atomic E-state index is 1.00. The molecule has 80 valence electrons. The van der Waals surface area contributed by atoms with E-state index in [1.807, 2.05) is 0 Å². The van der Waals surface area contributed by atoms with E-state index in [0.717, 1.165) is 18.4 Å². The zero-order valence-electron chi connectivity index (χ0n) is 8.06. The van der Waals surface area contributed by atoms with E-state index in [4.69, 9.17) is 0 Å². The lowest BCUT2D eigenvalue weighted by molar-refractivity contribution is 0.623. The lowest BCUT2D eigenvalue weighted by Gasteiger charge is -2.01. The quantitative estimate of drug-likeness (QED) is 0.580. The number of unbranched alkanes of at least 4 members (excludes halogenated alkanes) is 2. The highest BCUT2D eigenvalue weighted by molar-refractivity contribution is 9.11. The lowest BCUT2D eigenvalue weighted by Crippen LogP contribution is -2.13. The van der Waals surface area contributed by atoms with Gasteiger partial charge in [-0.2, -0.15) is 0 Å². The number of rotatable bonds is 7. The van der Waals surface area contributed by atoms with Gasteiger partial charge in [-0.25, -0.2) is 0 Å². The topological polar surface area (TPSA) is 12.0 Å². The van der Waals surface area contributed by atoms with Crippen LogP contribution < -0.4 is 5.32 Å². The number of alkyl halides is 1. The van der Waals surface area contributed by atoms with Crippen molar-refractivity contribution >= 4 is 43.2 Å². The van der Waals surface area contributed by atoms with E-state index >= 15 is 0 Å². The monoisotopic (exact) mass is 339 g/mol. The SMILES string of the molecule is BrCCCCCNCc1ccc(Br)s1. The Morgan fingerprint density at radius 2 is 2.07 bits per heavy atom. The number of nitrogens with one attached hydrogen (secondary N) is 1. The molecule has 0 spiro atoms. The van der Waals surface area contributed by atoms with Crippen LogP contribution in [0.15, 0.2) is 15.9 Å². The van der Waals surface area contributed by atoms with Crippen molar-refractivity contribution in [2.45, 2.75) is 25.8 Å². The molecule has 14 heavy (non-hydrogen) atoms. The van der Waals surface area contributed by atoms with Crippen LogP contribution in [0.3, 0.4) is 0 Å². The van der Waals surface area contributed by atoms with Crippen LogP contribution in [0.1, 0.15) is 24.1 Å². The highest BCUT2D eigenvalue weighted by Crippen LogP contribution is 2.21. The Balaban J connectivity index is 1.99. The first-order valence-corrected chi connectivity index (χ1v) is 7.57. The molecule has 1 aromatic rings. The highest BCUT2D eigenvalue weighted by atomic mass is 79.9. The molecule has 0 aromatic carbocycles. The molecule has 0 radical (unpaired) electrons. The Labute approximate surface area is 107 Å². The fourth-order valence-electron chi connectivity index (χ4n) is 1.18. The molecule has 0 saturated carbocycles. The molecule has 0 atom stereocenters. The number of hydrogen-bond donors (Lipinski definition) is 1. The minimum absolute atomic E-state index is 1.00. The van der Waals surface area contributed by atoms with E-state index in [1.54, 1.807) is 11.3 Å². The Morgan fingerprint density at radius 3 is 2.71 bits per heavy atom. The maximum absolute atomic E-state index is 3.46. The molecule has 0 aliphatic heterocycles. The highest BCUT2D eigenvalue weighted by Gasteiger charge is 1.96. The largest absolute Gasteiger partial charge is 0.312 e. The standard InChI is InChI=1S/C10H15Br2NS/c11-6-2-1-3-7-13-8-9-4-5-10(12)14-9/h4-5,13H,1-3,6-8H2. The molecule has 1 rings (SSSR count). The molecular formula is C10H15Br2NS. The van der Waals surface area contributed by atoms with Gasteiger partial charge in [0.2, 0.25) is 0 Å². The summed E-state index contributed by atoms with van der Waals surface area (Å²) < 4.78 is 1.22. The van der Waals surface area contributed by atoms with E-state index in [9.17, 15) is 0 Å². The van der Waals surface area contributed by atoms with Gasteiger partial charge in [0.05, 0.1) is 3.79 Å². The van der Waals surface area contributed by atoms with Gasteiger partial charge in [-0.3, -0.25) is 0 Å². The maximum Gasteiger partial charge on any atom is 0.0701 e. The van der Waals surface area contributed by atoms with Crippen LogP contribution in [0.5, 0.6) is 0 Å². The molecule has 4 heteroatoms. The summed E-state index contributed by atoms with van der Waals surface area (Å²) in [6.45, 7) is 2.13. The third-order valence-corrected chi connectivity index (χ3v) is 4.10. The van der Waals surface area contributed by atoms with Crippen LogP contribution in [0, 0.1) is 0 Å². The van der Waals surface area contributed by atoms with Crippen LogP contribution in [0.25, 0.3) is 0 Å². The van der Waals surface area contributed by atoms with Gasteiger partial charge in [0.1, 0.15) is 0 Å². The van der Waals surface area contributed by atoms with Gasteiger partial charge in [0.25, 0.3) is 0 Å². The normalized spacial score (nSPS) is 10.7. The van der Waals surface area contributed by atoms with Crippen molar-refractivity contribution in [3.63, 3.8) is 0 Å². The predicted octanol–water partition coefficient (Wildman–Crippen LogP) is 4.17. The second-order valence-corrected chi connectivity index (χ2v) is 6.47. The second-order valence-electron chi connectivity index (χ2n) is 3.13. The first-order chi connectivity index (χ1) is 6.83. The maximum atomic E-state index is 3.46. The smallest absolute Gasteiger partial charge is 0.0701 e. The van der Waals surface area contributed by atoms with Crippen molar-refractivity contribution in [1.82, 2.24) is 5.32 Å². The molecule has 0 unspecified atom stereocenters. The van der Waals surface area contributed by atoms with Gasteiger partial charge in [0.15, 0.2) is 0 Å². The fraction of sp³-hybridized carbons (Fsp3) is 0.600. The summed E-state index contributed by atoms with van der Waals surface area (Å²) in [6.07, 6.45) is 3.87. The Bertz CT molecular complexity index is 250. The summed E-state index contributed by atoms with van der Waals surface area (Å²) in [6, 6.07) is 4.27. The first-order valence-electron chi connectivity index (χ1n) is 4.84. The van der Waals surface area contributed by atoms with Crippen LogP contribution in [0.4, 0.5) is 0 Å². The van der Waals surface area contributed by atoms with Crippen molar-refractivity contribution in [2.24, 2.45) is 0 Å². The summed E-state index contributed by atoms with van der Waals surface area (Å²) in [5.74, 6) is 0. The van der Waals surface area contributed by atoms with E-state index in [-0.39, 0.29) is 0 Å². The zero-order chi connectivity index (χ0) is 10.2. The minimum Gasteiger partial charge on any atom is -0.312 e. The van der Waals surface area contributed by atoms with E-state index in [1.165, 1.54) is 27.9 Å². The predicted molar refractivity (Wildman–Crippen MR) is 71.4 cm³/mol. The van der Waals surface area contributed by atoms with Crippen LogP contribution >= 0.6 is 43.2 Å². The van der Waals surface area contributed by atoms with Crippen LogP contribution in [-0.2, 0) is 6.54 Å². The van der Waals surface area contributed by atoms with Crippen LogP contribution in [-0.4, -0.2) is 11.9 Å². The molecule has 0 bridgehead atoms. The third kappa shape index (κ3) is 5.49. The zero-order valence-corrected chi connectivity index (χ0v) is 12.1. The summed E-state index contributed by atoms with van der Waals surface area (Å²) in [5, 5.41) is 4.58. The average Bonchev–Trinajstić information content (AvgIpc) is 2.58. The number of hydrogen-bond acceptors (Lipinski definition) is 2. The van der Waals surface area contributed by atoms with E-state index < -0.39 is 0 Å². The summed E-state index contributed by atoms with van der Waals surface area (Å²) in [7, 11) is 0. The molecule has 0 aliphatic carbocycles.